The topological polar surface area (TPSA) is 40.7 Å². The number of hydrogen-bond donors (Lipinski definition) is 2. The van der Waals surface area contributed by atoms with Gasteiger partial charge in [-0.25, -0.2) is 4.98 Å². The third-order valence-corrected chi connectivity index (χ3v) is 3.74. The van der Waals surface area contributed by atoms with Gasteiger partial charge >= 0.3 is 0 Å². The molecule has 3 nitrogen and oxygen atoms in total. The number of nitrogens with zero attached hydrogens (tertiary/aromatic N) is 1. The molecule has 3 rings (SSSR count). The smallest absolute Gasteiger partial charge is 0.205 e. The van der Waals surface area contributed by atoms with Crippen LogP contribution in [0.25, 0.3) is 11.0 Å². The first-order valence-corrected chi connectivity index (χ1v) is 6.50. The van der Waals surface area contributed by atoms with Crippen LogP contribution in [0.5, 0.6) is 0 Å². The van der Waals surface area contributed by atoms with Gasteiger partial charge in [-0.2, -0.15) is 0 Å². The molecule has 2 aromatic heterocycles. The van der Waals surface area contributed by atoms with Crippen molar-refractivity contribution in [2.75, 3.05) is 5.32 Å². The SMILES string of the molecule is Cc1cscc1Nc1nc2c(Cl)cccc2[nH]1. The fourth-order valence-corrected chi connectivity index (χ4v) is 2.67. The lowest BCUT2D eigenvalue weighted by Gasteiger charge is -1.99. The van der Waals surface area contributed by atoms with Crippen LogP contribution in [0, 0.1) is 6.92 Å². The summed E-state index contributed by atoms with van der Waals surface area (Å²) in [5.74, 6) is 0.717. The summed E-state index contributed by atoms with van der Waals surface area (Å²) < 4.78 is 0. The average molecular weight is 264 g/mol. The molecular formula is C12H10ClN3S. The number of aromatic amines is 1. The van der Waals surface area contributed by atoms with Gasteiger partial charge in [0, 0.05) is 5.38 Å². The Morgan fingerprint density at radius 1 is 1.35 bits per heavy atom. The van der Waals surface area contributed by atoms with Crippen molar-refractivity contribution in [3.63, 3.8) is 0 Å². The number of fused-ring (bicyclic) bond motifs is 1. The lowest BCUT2D eigenvalue weighted by atomic mass is 10.3. The minimum atomic E-state index is 0.661. The quantitative estimate of drug-likeness (QED) is 0.722. The molecule has 86 valence electrons. The maximum atomic E-state index is 6.08. The summed E-state index contributed by atoms with van der Waals surface area (Å²) in [6, 6.07) is 5.70. The van der Waals surface area contributed by atoms with Gasteiger partial charge in [0.25, 0.3) is 0 Å². The molecule has 1 aromatic carbocycles. The van der Waals surface area contributed by atoms with E-state index >= 15 is 0 Å². The van der Waals surface area contributed by atoms with Crippen LogP contribution in [0.4, 0.5) is 11.6 Å². The highest BCUT2D eigenvalue weighted by molar-refractivity contribution is 7.08. The van der Waals surface area contributed by atoms with E-state index in [1.54, 1.807) is 11.3 Å². The third-order valence-electron chi connectivity index (χ3n) is 2.57. The minimum Gasteiger partial charge on any atom is -0.325 e. The summed E-state index contributed by atoms with van der Waals surface area (Å²) in [6.45, 7) is 2.06. The van der Waals surface area contributed by atoms with Crippen molar-refractivity contribution in [1.82, 2.24) is 9.97 Å². The molecule has 17 heavy (non-hydrogen) atoms. The molecule has 0 amide bonds. The average Bonchev–Trinajstić information content (AvgIpc) is 2.87. The zero-order valence-electron chi connectivity index (χ0n) is 9.12. The molecule has 2 N–H and O–H groups in total. The van der Waals surface area contributed by atoms with E-state index in [1.807, 2.05) is 18.2 Å². The summed E-state index contributed by atoms with van der Waals surface area (Å²) in [5.41, 5.74) is 4.02. The van der Waals surface area contributed by atoms with Crippen LogP contribution in [0.1, 0.15) is 5.56 Å². The molecule has 0 aliphatic heterocycles. The molecule has 0 unspecified atom stereocenters. The Bertz CT molecular complexity index is 671. The molecule has 0 aliphatic rings. The van der Waals surface area contributed by atoms with Gasteiger partial charge in [0.05, 0.1) is 16.2 Å². The van der Waals surface area contributed by atoms with Crippen LogP contribution >= 0.6 is 22.9 Å². The number of nitrogens with one attached hydrogen (secondary N) is 2. The number of para-hydroxylation sites is 1. The monoisotopic (exact) mass is 263 g/mol. The van der Waals surface area contributed by atoms with Crippen molar-refractivity contribution in [3.8, 4) is 0 Å². The Kier molecular flexibility index (Phi) is 2.53. The second-order valence-corrected chi connectivity index (χ2v) is 4.97. The molecule has 0 aliphatic carbocycles. The van der Waals surface area contributed by atoms with Crippen molar-refractivity contribution in [2.24, 2.45) is 0 Å². The number of benzene rings is 1. The highest BCUT2D eigenvalue weighted by Gasteiger charge is 2.07. The maximum Gasteiger partial charge on any atom is 0.205 e. The van der Waals surface area contributed by atoms with Crippen molar-refractivity contribution in [1.29, 1.82) is 0 Å². The molecule has 0 saturated heterocycles. The van der Waals surface area contributed by atoms with Gasteiger partial charge in [0.15, 0.2) is 0 Å². The van der Waals surface area contributed by atoms with Gasteiger partial charge in [0.1, 0.15) is 5.52 Å². The number of halogens is 1. The molecule has 0 radical (unpaired) electrons. The summed E-state index contributed by atoms with van der Waals surface area (Å²) >= 11 is 7.74. The summed E-state index contributed by atoms with van der Waals surface area (Å²) in [6.07, 6.45) is 0. The van der Waals surface area contributed by atoms with Gasteiger partial charge in [-0.05, 0) is 30.0 Å². The van der Waals surface area contributed by atoms with Crippen LogP contribution in [0.15, 0.2) is 29.0 Å². The fraction of sp³-hybridized carbons (Fsp3) is 0.0833. The van der Waals surface area contributed by atoms with Crippen molar-refractivity contribution in [3.05, 3.63) is 39.5 Å². The summed E-state index contributed by atoms with van der Waals surface area (Å²) in [5, 5.41) is 8.07. The lowest BCUT2D eigenvalue weighted by Crippen LogP contribution is -1.91. The van der Waals surface area contributed by atoms with E-state index < -0.39 is 0 Å². The molecule has 0 spiro atoms. The highest BCUT2D eigenvalue weighted by Crippen LogP contribution is 2.26. The first-order valence-electron chi connectivity index (χ1n) is 5.18. The number of rotatable bonds is 2. The van der Waals surface area contributed by atoms with Crippen molar-refractivity contribution in [2.45, 2.75) is 6.92 Å². The lowest BCUT2D eigenvalue weighted by molar-refractivity contribution is 1.30. The van der Waals surface area contributed by atoms with E-state index in [9.17, 15) is 0 Å². The number of anilines is 2. The normalized spacial score (nSPS) is 10.9. The Labute approximate surface area is 107 Å². The zero-order valence-corrected chi connectivity index (χ0v) is 10.7. The van der Waals surface area contributed by atoms with Gasteiger partial charge in [-0.3, -0.25) is 0 Å². The number of thiophene rings is 1. The predicted octanol–water partition coefficient (Wildman–Crippen LogP) is 4.33. The number of imidazole rings is 1. The van der Waals surface area contributed by atoms with E-state index in [0.717, 1.165) is 22.7 Å². The van der Waals surface area contributed by atoms with E-state index in [-0.39, 0.29) is 0 Å². The first kappa shape index (κ1) is 10.6. The molecule has 0 saturated carbocycles. The van der Waals surface area contributed by atoms with Gasteiger partial charge < -0.3 is 10.3 Å². The van der Waals surface area contributed by atoms with Crippen molar-refractivity contribution >= 4 is 45.6 Å². The Hall–Kier alpha value is -1.52. The number of aryl methyl sites for hydroxylation is 1. The van der Waals surface area contributed by atoms with E-state index in [1.165, 1.54) is 5.56 Å². The van der Waals surface area contributed by atoms with Gasteiger partial charge in [0.2, 0.25) is 5.95 Å². The predicted molar refractivity (Wildman–Crippen MR) is 73.4 cm³/mol. The van der Waals surface area contributed by atoms with Crippen LogP contribution in [-0.4, -0.2) is 9.97 Å². The maximum absolute atomic E-state index is 6.08. The van der Waals surface area contributed by atoms with Crippen LogP contribution in [-0.2, 0) is 0 Å². The van der Waals surface area contributed by atoms with E-state index in [0.29, 0.717) is 5.02 Å². The Morgan fingerprint density at radius 2 is 2.24 bits per heavy atom. The minimum absolute atomic E-state index is 0.661. The van der Waals surface area contributed by atoms with Crippen LogP contribution < -0.4 is 5.32 Å². The second kappa shape index (κ2) is 4.05. The van der Waals surface area contributed by atoms with Gasteiger partial charge in [-0.1, -0.05) is 17.7 Å². The number of hydrogen-bond acceptors (Lipinski definition) is 3. The van der Waals surface area contributed by atoms with Crippen molar-refractivity contribution < 1.29 is 0 Å². The number of aromatic nitrogens is 2. The van der Waals surface area contributed by atoms with Crippen LogP contribution in [0.3, 0.4) is 0 Å². The Morgan fingerprint density at radius 3 is 2.94 bits per heavy atom. The largest absolute Gasteiger partial charge is 0.325 e. The summed E-state index contributed by atoms with van der Waals surface area (Å²) in [4.78, 5) is 7.63. The standard InChI is InChI=1S/C12H10ClN3S/c1-7-5-17-6-10(7)15-12-14-9-4-2-3-8(13)11(9)16-12/h2-6H,1H3,(H2,14,15,16). The molecule has 5 heteroatoms. The molecule has 3 aromatic rings. The molecular weight excluding hydrogens is 254 g/mol. The molecule has 2 heterocycles. The third kappa shape index (κ3) is 1.90. The van der Waals surface area contributed by atoms with Gasteiger partial charge in [-0.15, -0.1) is 11.3 Å². The van der Waals surface area contributed by atoms with Crippen LogP contribution in [0.2, 0.25) is 5.02 Å². The zero-order chi connectivity index (χ0) is 11.8. The Balaban J connectivity index is 2.02. The fourth-order valence-electron chi connectivity index (χ4n) is 1.67. The highest BCUT2D eigenvalue weighted by atomic mass is 35.5. The number of H-pyrrole nitrogens is 1. The van der Waals surface area contributed by atoms with E-state index in [4.69, 9.17) is 11.6 Å². The molecule has 0 atom stereocenters. The summed E-state index contributed by atoms with van der Waals surface area (Å²) in [7, 11) is 0. The molecule has 0 bridgehead atoms. The first-order chi connectivity index (χ1) is 8.24. The second-order valence-electron chi connectivity index (χ2n) is 3.81. The molecule has 0 fully saturated rings. The van der Waals surface area contributed by atoms with E-state index in [2.05, 4.69) is 33.0 Å².